The van der Waals surface area contributed by atoms with Gasteiger partial charge in [0, 0.05) is 17.0 Å². The molecule has 2 N–H and O–H groups in total. The molecule has 2 heterocycles. The van der Waals surface area contributed by atoms with Crippen molar-refractivity contribution in [3.63, 3.8) is 0 Å². The van der Waals surface area contributed by atoms with Crippen LogP contribution in [0.25, 0.3) is 21.3 Å². The minimum absolute atomic E-state index is 0.231. The minimum atomic E-state index is -0.985. The van der Waals surface area contributed by atoms with Crippen molar-refractivity contribution in [1.82, 2.24) is 4.98 Å². The second kappa shape index (κ2) is 4.37. The van der Waals surface area contributed by atoms with E-state index in [-0.39, 0.29) is 10.4 Å². The number of pyridine rings is 1. The SMILES string of the molecule is O=C(O)c1sc2[nH]c(=O)ccc2c1-c1ccccc1. The zero-order valence-electron chi connectivity index (χ0n) is 9.71. The second-order valence-electron chi connectivity index (χ2n) is 4.04. The molecule has 1 aromatic carbocycles. The molecule has 0 spiro atoms. The highest BCUT2D eigenvalue weighted by molar-refractivity contribution is 7.21. The van der Waals surface area contributed by atoms with Crippen LogP contribution in [0.4, 0.5) is 0 Å². The van der Waals surface area contributed by atoms with E-state index in [1.165, 1.54) is 6.07 Å². The monoisotopic (exact) mass is 271 g/mol. The van der Waals surface area contributed by atoms with Gasteiger partial charge in [-0.25, -0.2) is 4.79 Å². The number of hydrogen-bond donors (Lipinski definition) is 2. The molecule has 94 valence electrons. The first-order valence-corrected chi connectivity index (χ1v) is 6.43. The van der Waals surface area contributed by atoms with Crippen molar-refractivity contribution in [1.29, 1.82) is 0 Å². The normalized spacial score (nSPS) is 10.7. The van der Waals surface area contributed by atoms with Crippen LogP contribution in [0.1, 0.15) is 9.67 Å². The Hall–Kier alpha value is -2.40. The Kier molecular flexibility index (Phi) is 2.68. The quantitative estimate of drug-likeness (QED) is 0.752. The standard InChI is InChI=1S/C14H9NO3S/c16-10-7-6-9-11(8-4-2-1-3-5-8)12(14(17)18)19-13(9)15-10/h1-7H,(H,15,16)(H,17,18). The fourth-order valence-corrected chi connectivity index (χ4v) is 3.10. The van der Waals surface area contributed by atoms with Crippen molar-refractivity contribution >= 4 is 27.5 Å². The third kappa shape index (κ3) is 1.94. The molecule has 5 heteroatoms. The van der Waals surface area contributed by atoms with Crippen molar-refractivity contribution in [2.75, 3.05) is 0 Å². The fraction of sp³-hybridized carbons (Fsp3) is 0. The van der Waals surface area contributed by atoms with Crippen LogP contribution in [0.5, 0.6) is 0 Å². The summed E-state index contributed by atoms with van der Waals surface area (Å²) in [7, 11) is 0. The van der Waals surface area contributed by atoms with E-state index in [4.69, 9.17) is 0 Å². The van der Waals surface area contributed by atoms with Crippen LogP contribution >= 0.6 is 11.3 Å². The number of aromatic amines is 1. The fourth-order valence-electron chi connectivity index (χ4n) is 2.05. The molecule has 0 aliphatic carbocycles. The molecule has 3 aromatic rings. The average Bonchev–Trinajstić information content (AvgIpc) is 2.78. The van der Waals surface area contributed by atoms with E-state index in [9.17, 15) is 14.7 Å². The summed E-state index contributed by atoms with van der Waals surface area (Å²) in [6.45, 7) is 0. The first-order valence-electron chi connectivity index (χ1n) is 5.61. The van der Waals surface area contributed by atoms with E-state index in [2.05, 4.69) is 4.98 Å². The third-order valence-corrected chi connectivity index (χ3v) is 3.95. The molecule has 0 aliphatic heterocycles. The third-order valence-electron chi connectivity index (χ3n) is 2.84. The molecule has 4 nitrogen and oxygen atoms in total. The Morgan fingerprint density at radius 2 is 1.84 bits per heavy atom. The topological polar surface area (TPSA) is 70.2 Å². The lowest BCUT2D eigenvalue weighted by molar-refractivity contribution is 0.0703. The van der Waals surface area contributed by atoms with Gasteiger partial charge in [-0.1, -0.05) is 30.3 Å². The first-order chi connectivity index (χ1) is 9.16. The van der Waals surface area contributed by atoms with E-state index in [0.717, 1.165) is 22.3 Å². The molecule has 0 atom stereocenters. The smallest absolute Gasteiger partial charge is 0.346 e. The first kappa shape index (κ1) is 11.7. The van der Waals surface area contributed by atoms with Gasteiger partial charge in [0.05, 0.1) is 0 Å². The maximum atomic E-state index is 11.4. The summed E-state index contributed by atoms with van der Waals surface area (Å²) >= 11 is 1.09. The number of thiophene rings is 1. The summed E-state index contributed by atoms with van der Waals surface area (Å²) in [5.74, 6) is -0.985. The summed E-state index contributed by atoms with van der Waals surface area (Å²) < 4.78 is 0. The molecule has 0 amide bonds. The van der Waals surface area contributed by atoms with Crippen LogP contribution in [0.15, 0.2) is 47.3 Å². The number of H-pyrrole nitrogens is 1. The van der Waals surface area contributed by atoms with Crippen molar-refractivity contribution in [2.24, 2.45) is 0 Å². The van der Waals surface area contributed by atoms with Gasteiger partial charge in [0.2, 0.25) is 5.56 Å². The van der Waals surface area contributed by atoms with E-state index in [1.807, 2.05) is 30.3 Å². The maximum Gasteiger partial charge on any atom is 0.346 e. The molecule has 0 radical (unpaired) electrons. The number of rotatable bonds is 2. The molecule has 0 bridgehead atoms. The highest BCUT2D eigenvalue weighted by atomic mass is 32.1. The summed E-state index contributed by atoms with van der Waals surface area (Å²) in [5, 5.41) is 10.1. The average molecular weight is 271 g/mol. The molecular weight excluding hydrogens is 262 g/mol. The van der Waals surface area contributed by atoms with Gasteiger partial charge in [-0.15, -0.1) is 11.3 Å². The number of carboxylic acids is 1. The van der Waals surface area contributed by atoms with Crippen molar-refractivity contribution in [3.05, 3.63) is 57.7 Å². The second-order valence-corrected chi connectivity index (χ2v) is 5.06. The highest BCUT2D eigenvalue weighted by Crippen LogP contribution is 2.37. The van der Waals surface area contributed by atoms with E-state index >= 15 is 0 Å². The van der Waals surface area contributed by atoms with Gasteiger partial charge in [0.1, 0.15) is 9.71 Å². The summed E-state index contributed by atoms with van der Waals surface area (Å²) in [4.78, 5) is 26.2. The number of carbonyl (C=O) groups is 1. The largest absolute Gasteiger partial charge is 0.477 e. The molecule has 3 rings (SSSR count). The minimum Gasteiger partial charge on any atom is -0.477 e. The Balaban J connectivity index is 2.41. The lowest BCUT2D eigenvalue weighted by atomic mass is 10.0. The Morgan fingerprint density at radius 1 is 1.11 bits per heavy atom. The predicted octanol–water partition coefficient (Wildman–Crippen LogP) is 2.95. The number of hydrogen-bond acceptors (Lipinski definition) is 3. The van der Waals surface area contributed by atoms with Crippen LogP contribution in [0.2, 0.25) is 0 Å². The molecule has 19 heavy (non-hydrogen) atoms. The molecular formula is C14H9NO3S. The van der Waals surface area contributed by atoms with Gasteiger partial charge in [-0.05, 0) is 11.6 Å². The Labute approximate surface area is 112 Å². The number of fused-ring (bicyclic) bond motifs is 1. The Morgan fingerprint density at radius 3 is 2.53 bits per heavy atom. The van der Waals surface area contributed by atoms with E-state index in [0.29, 0.717) is 10.4 Å². The summed E-state index contributed by atoms with van der Waals surface area (Å²) in [6, 6.07) is 12.4. The zero-order chi connectivity index (χ0) is 13.4. The van der Waals surface area contributed by atoms with Gasteiger partial charge in [0.25, 0.3) is 0 Å². The van der Waals surface area contributed by atoms with Crippen LogP contribution in [-0.2, 0) is 0 Å². The van der Waals surface area contributed by atoms with Crippen LogP contribution in [0.3, 0.4) is 0 Å². The predicted molar refractivity (Wildman–Crippen MR) is 74.8 cm³/mol. The number of aromatic nitrogens is 1. The zero-order valence-corrected chi connectivity index (χ0v) is 10.5. The van der Waals surface area contributed by atoms with Crippen molar-refractivity contribution < 1.29 is 9.90 Å². The van der Waals surface area contributed by atoms with Crippen molar-refractivity contribution in [2.45, 2.75) is 0 Å². The van der Waals surface area contributed by atoms with Crippen LogP contribution in [-0.4, -0.2) is 16.1 Å². The molecule has 0 unspecified atom stereocenters. The molecule has 0 aliphatic rings. The van der Waals surface area contributed by atoms with Crippen molar-refractivity contribution in [3.8, 4) is 11.1 Å². The van der Waals surface area contributed by atoms with E-state index in [1.54, 1.807) is 6.07 Å². The van der Waals surface area contributed by atoms with Gasteiger partial charge in [-0.2, -0.15) is 0 Å². The van der Waals surface area contributed by atoms with Gasteiger partial charge in [0.15, 0.2) is 0 Å². The lowest BCUT2D eigenvalue weighted by Gasteiger charge is -2.01. The number of aromatic carboxylic acids is 1. The number of benzene rings is 1. The van der Waals surface area contributed by atoms with Crippen LogP contribution in [0, 0.1) is 0 Å². The molecule has 0 fully saturated rings. The summed E-state index contributed by atoms with van der Waals surface area (Å²) in [6.07, 6.45) is 0. The highest BCUT2D eigenvalue weighted by Gasteiger charge is 2.19. The molecule has 0 saturated carbocycles. The maximum absolute atomic E-state index is 11.4. The van der Waals surface area contributed by atoms with Gasteiger partial charge >= 0.3 is 5.97 Å². The molecule has 2 aromatic heterocycles. The summed E-state index contributed by atoms with van der Waals surface area (Å²) in [5.41, 5.74) is 1.26. The molecule has 0 saturated heterocycles. The van der Waals surface area contributed by atoms with E-state index < -0.39 is 5.97 Å². The van der Waals surface area contributed by atoms with Crippen LogP contribution < -0.4 is 5.56 Å². The number of nitrogens with one attached hydrogen (secondary N) is 1. The van der Waals surface area contributed by atoms with Gasteiger partial charge in [-0.3, -0.25) is 4.79 Å². The lowest BCUT2D eigenvalue weighted by Crippen LogP contribution is -2.00. The number of carboxylic acid groups (broad SMARTS) is 1. The van der Waals surface area contributed by atoms with Gasteiger partial charge < -0.3 is 10.1 Å². The Bertz CT molecular complexity index is 818.